The van der Waals surface area contributed by atoms with Crippen molar-refractivity contribution in [3.8, 4) is 0 Å². The van der Waals surface area contributed by atoms with E-state index < -0.39 is 0 Å². The van der Waals surface area contributed by atoms with Gasteiger partial charge in [-0.2, -0.15) is 0 Å². The summed E-state index contributed by atoms with van der Waals surface area (Å²) in [5.74, 6) is 0.753. The highest BCUT2D eigenvalue weighted by atomic mass is 16.1. The first-order valence-electron chi connectivity index (χ1n) is 6.04. The first-order valence-corrected chi connectivity index (χ1v) is 6.04. The fourth-order valence-corrected chi connectivity index (χ4v) is 2.28. The van der Waals surface area contributed by atoms with E-state index in [1.807, 2.05) is 6.08 Å². The lowest BCUT2D eigenvalue weighted by atomic mass is 9.85. The van der Waals surface area contributed by atoms with Gasteiger partial charge in [-0.25, -0.2) is 0 Å². The molecule has 1 aliphatic carbocycles. The van der Waals surface area contributed by atoms with E-state index in [0.29, 0.717) is 0 Å². The Morgan fingerprint density at radius 1 is 1.20 bits per heavy atom. The van der Waals surface area contributed by atoms with Crippen molar-refractivity contribution >= 4 is 6.29 Å². The van der Waals surface area contributed by atoms with Crippen LogP contribution in [0.4, 0.5) is 0 Å². The first kappa shape index (κ1) is 12.2. The van der Waals surface area contributed by atoms with Crippen molar-refractivity contribution in [3.63, 3.8) is 0 Å². The van der Waals surface area contributed by atoms with Crippen LogP contribution in [0.5, 0.6) is 0 Å². The molecule has 15 heavy (non-hydrogen) atoms. The van der Waals surface area contributed by atoms with Gasteiger partial charge in [0.25, 0.3) is 0 Å². The number of hydrogen-bond acceptors (Lipinski definition) is 1. The third-order valence-electron chi connectivity index (χ3n) is 2.94. The minimum absolute atomic E-state index is 0.753. The Bertz CT molecular complexity index is 259. The summed E-state index contributed by atoms with van der Waals surface area (Å²) >= 11 is 0. The summed E-state index contributed by atoms with van der Waals surface area (Å²) in [6.07, 6.45) is 11.9. The van der Waals surface area contributed by atoms with E-state index in [2.05, 4.69) is 13.8 Å². The van der Waals surface area contributed by atoms with E-state index >= 15 is 0 Å². The molecule has 0 saturated carbocycles. The second-order valence-corrected chi connectivity index (χ2v) is 4.78. The maximum atomic E-state index is 10.2. The second kappa shape index (κ2) is 6.60. The first-order chi connectivity index (χ1) is 7.24. The highest BCUT2D eigenvalue weighted by Crippen LogP contribution is 2.31. The summed E-state index contributed by atoms with van der Waals surface area (Å²) in [5, 5.41) is 0. The third kappa shape index (κ3) is 4.46. The van der Waals surface area contributed by atoms with Gasteiger partial charge in [-0.1, -0.05) is 31.1 Å². The largest absolute Gasteiger partial charge is 0.299 e. The Hall–Kier alpha value is -0.850. The summed E-state index contributed by atoms with van der Waals surface area (Å²) in [6.45, 7) is 4.56. The molecule has 0 saturated heterocycles. The van der Waals surface area contributed by atoms with Gasteiger partial charge in [0.05, 0.1) is 0 Å². The molecule has 0 aliphatic heterocycles. The summed E-state index contributed by atoms with van der Waals surface area (Å²) in [5.41, 5.74) is 3.25. The summed E-state index contributed by atoms with van der Waals surface area (Å²) in [6, 6.07) is 0. The predicted molar refractivity (Wildman–Crippen MR) is 64.8 cm³/mol. The van der Waals surface area contributed by atoms with Crippen molar-refractivity contribution in [2.75, 3.05) is 0 Å². The third-order valence-corrected chi connectivity index (χ3v) is 2.94. The maximum Gasteiger partial charge on any atom is 0.142 e. The molecule has 1 rings (SSSR count). The summed E-state index contributed by atoms with van der Waals surface area (Å²) < 4.78 is 0. The van der Waals surface area contributed by atoms with Gasteiger partial charge in [-0.3, -0.25) is 4.79 Å². The topological polar surface area (TPSA) is 17.1 Å². The lowest BCUT2D eigenvalue weighted by Gasteiger charge is -2.21. The predicted octanol–water partition coefficient (Wildman–Crippen LogP) is 4.05. The lowest BCUT2D eigenvalue weighted by Crippen LogP contribution is -2.02. The Labute approximate surface area is 93.3 Å². The Kier molecular flexibility index (Phi) is 5.38. The molecule has 0 aromatic rings. The van der Waals surface area contributed by atoms with Crippen LogP contribution in [-0.2, 0) is 4.79 Å². The van der Waals surface area contributed by atoms with E-state index in [1.165, 1.54) is 32.1 Å². The molecule has 1 aliphatic rings. The molecule has 1 heteroatoms. The molecule has 0 atom stereocenters. The zero-order valence-electron chi connectivity index (χ0n) is 9.96. The van der Waals surface area contributed by atoms with E-state index in [4.69, 9.17) is 0 Å². The molecule has 0 N–H and O–H groups in total. The minimum Gasteiger partial charge on any atom is -0.299 e. The quantitative estimate of drug-likeness (QED) is 0.377. The summed E-state index contributed by atoms with van der Waals surface area (Å²) in [4.78, 5) is 10.2. The molecule has 0 aromatic carbocycles. The zero-order valence-corrected chi connectivity index (χ0v) is 9.96. The molecule has 0 fully saturated rings. The van der Waals surface area contributed by atoms with E-state index in [1.54, 1.807) is 17.2 Å². The van der Waals surface area contributed by atoms with Crippen LogP contribution >= 0.6 is 0 Å². The molecular formula is C14H22O. The average molecular weight is 206 g/mol. The maximum absolute atomic E-state index is 10.2. The number of carbonyl (C=O) groups is 1. The van der Waals surface area contributed by atoms with Crippen molar-refractivity contribution < 1.29 is 4.79 Å². The normalized spacial score (nSPS) is 17.8. The molecule has 1 nitrogen and oxygen atoms in total. The number of rotatable bonds is 5. The molecule has 0 heterocycles. The van der Waals surface area contributed by atoms with Crippen LogP contribution in [0.15, 0.2) is 23.3 Å². The van der Waals surface area contributed by atoms with Gasteiger partial charge in [-0.15, -0.1) is 0 Å². The SMILES string of the molecule is CC(C)CC1=C(CC=CC=O)CCCC1. The van der Waals surface area contributed by atoms with Gasteiger partial charge in [0, 0.05) is 0 Å². The number of hydrogen-bond donors (Lipinski definition) is 0. The molecule has 0 unspecified atom stereocenters. The molecule has 0 aromatic heterocycles. The smallest absolute Gasteiger partial charge is 0.142 e. The van der Waals surface area contributed by atoms with Crippen molar-refractivity contribution in [2.24, 2.45) is 5.92 Å². The summed E-state index contributed by atoms with van der Waals surface area (Å²) in [7, 11) is 0. The van der Waals surface area contributed by atoms with E-state index in [-0.39, 0.29) is 0 Å². The van der Waals surface area contributed by atoms with Crippen molar-refractivity contribution in [3.05, 3.63) is 23.3 Å². The van der Waals surface area contributed by atoms with Crippen LogP contribution in [0.3, 0.4) is 0 Å². The fraction of sp³-hybridized carbons (Fsp3) is 0.643. The number of aldehydes is 1. The Morgan fingerprint density at radius 3 is 2.47 bits per heavy atom. The van der Waals surface area contributed by atoms with Crippen molar-refractivity contribution in [1.82, 2.24) is 0 Å². The highest BCUT2D eigenvalue weighted by Gasteiger charge is 2.12. The van der Waals surface area contributed by atoms with Gasteiger partial charge >= 0.3 is 0 Å². The van der Waals surface area contributed by atoms with Crippen LogP contribution in [0.2, 0.25) is 0 Å². The fourth-order valence-electron chi connectivity index (χ4n) is 2.28. The monoisotopic (exact) mass is 206 g/mol. The van der Waals surface area contributed by atoms with E-state index in [9.17, 15) is 4.79 Å². The molecule has 0 radical (unpaired) electrons. The van der Waals surface area contributed by atoms with Crippen LogP contribution < -0.4 is 0 Å². The second-order valence-electron chi connectivity index (χ2n) is 4.78. The molecule has 0 spiro atoms. The van der Waals surface area contributed by atoms with Gasteiger partial charge in [0.1, 0.15) is 6.29 Å². The van der Waals surface area contributed by atoms with Crippen molar-refractivity contribution in [1.29, 1.82) is 0 Å². The minimum atomic E-state index is 0.753. The Balaban J connectivity index is 2.62. The zero-order chi connectivity index (χ0) is 11.1. The van der Waals surface area contributed by atoms with Crippen LogP contribution in [-0.4, -0.2) is 6.29 Å². The standard InChI is InChI=1S/C14H22O/c1-12(2)11-14-9-4-3-7-13(14)8-5-6-10-15/h5-6,10,12H,3-4,7-9,11H2,1-2H3. The van der Waals surface area contributed by atoms with Gasteiger partial charge in [0.2, 0.25) is 0 Å². The van der Waals surface area contributed by atoms with Crippen LogP contribution in [0.1, 0.15) is 52.4 Å². The van der Waals surface area contributed by atoms with E-state index in [0.717, 1.165) is 18.6 Å². The Morgan fingerprint density at radius 2 is 1.87 bits per heavy atom. The van der Waals surface area contributed by atoms with Gasteiger partial charge in [-0.05, 0) is 50.5 Å². The molecule has 0 bridgehead atoms. The van der Waals surface area contributed by atoms with Crippen LogP contribution in [0, 0.1) is 5.92 Å². The van der Waals surface area contributed by atoms with Crippen molar-refractivity contribution in [2.45, 2.75) is 52.4 Å². The molecular weight excluding hydrogens is 184 g/mol. The van der Waals surface area contributed by atoms with Gasteiger partial charge in [0.15, 0.2) is 0 Å². The molecule has 0 amide bonds. The number of carbonyl (C=O) groups excluding carboxylic acids is 1. The van der Waals surface area contributed by atoms with Gasteiger partial charge < -0.3 is 0 Å². The van der Waals surface area contributed by atoms with Crippen LogP contribution in [0.25, 0.3) is 0 Å². The average Bonchev–Trinajstić information content (AvgIpc) is 2.20. The molecule has 84 valence electrons. The number of allylic oxidation sites excluding steroid dienone is 4. The highest BCUT2D eigenvalue weighted by molar-refractivity contribution is 5.64. The lowest BCUT2D eigenvalue weighted by molar-refractivity contribution is -0.104.